The van der Waals surface area contributed by atoms with Gasteiger partial charge < -0.3 is 0 Å². The van der Waals surface area contributed by atoms with Crippen LogP contribution in [-0.4, -0.2) is 15.9 Å². The van der Waals surface area contributed by atoms with Gasteiger partial charge in [-0.15, -0.1) is 0 Å². The average molecular weight is 189 g/mol. The summed E-state index contributed by atoms with van der Waals surface area (Å²) in [4.78, 5) is 0. The Labute approximate surface area is 64.7 Å². The molecule has 0 aromatic carbocycles. The lowest BCUT2D eigenvalue weighted by atomic mass is 10.2. The third kappa shape index (κ3) is 1.32. The highest BCUT2D eigenvalue weighted by atomic mass is 35.7. The van der Waals surface area contributed by atoms with E-state index in [1.807, 2.05) is 0 Å². The summed E-state index contributed by atoms with van der Waals surface area (Å²) < 4.78 is 35.0. The van der Waals surface area contributed by atoms with E-state index < -0.39 is 21.4 Å². The number of halogens is 3. The Balaban J connectivity index is 2.52. The molecule has 1 rings (SSSR count). The zero-order valence-corrected chi connectivity index (χ0v) is 6.94. The lowest BCUT2D eigenvalue weighted by Crippen LogP contribution is -2.13. The first-order chi connectivity index (χ1) is 4.37. The fraction of sp³-hybridized carbons (Fsp3) is 1.00. The van der Waals surface area contributed by atoms with E-state index in [0.29, 0.717) is 0 Å². The monoisotopic (exact) mass is 188 g/mol. The Hall–Kier alpha value is 0.300. The van der Waals surface area contributed by atoms with Gasteiger partial charge in [0.05, 0.1) is 0 Å². The predicted octanol–water partition coefficient (Wildman–Crippen LogP) is 1.93. The summed E-state index contributed by atoms with van der Waals surface area (Å²) >= 11 is 0. The van der Waals surface area contributed by atoms with Crippen molar-refractivity contribution < 1.29 is 13.0 Å². The van der Waals surface area contributed by atoms with E-state index in [1.54, 1.807) is 0 Å². The minimum absolute atomic E-state index is 0.110. The SMILES string of the molecule is CC1(CS(=O)Cl)CC1(F)F. The molecule has 0 amide bonds. The van der Waals surface area contributed by atoms with Gasteiger partial charge in [-0.05, 0) is 10.7 Å². The minimum Gasteiger partial charge on any atom is -0.243 e. The fourth-order valence-corrected chi connectivity index (χ4v) is 2.39. The van der Waals surface area contributed by atoms with Gasteiger partial charge in [-0.3, -0.25) is 0 Å². The van der Waals surface area contributed by atoms with Crippen molar-refractivity contribution in [3.05, 3.63) is 0 Å². The summed E-state index contributed by atoms with van der Waals surface area (Å²) in [6.45, 7) is 1.40. The van der Waals surface area contributed by atoms with Crippen molar-refractivity contribution in [1.82, 2.24) is 0 Å². The van der Waals surface area contributed by atoms with Crippen LogP contribution in [0, 0.1) is 5.41 Å². The van der Waals surface area contributed by atoms with Crippen LogP contribution in [0.1, 0.15) is 13.3 Å². The summed E-state index contributed by atoms with van der Waals surface area (Å²) in [6, 6.07) is 0. The van der Waals surface area contributed by atoms with E-state index in [2.05, 4.69) is 0 Å². The van der Waals surface area contributed by atoms with Gasteiger partial charge in [0, 0.05) is 17.6 Å². The Morgan fingerprint density at radius 2 is 2.10 bits per heavy atom. The van der Waals surface area contributed by atoms with Crippen molar-refractivity contribution in [1.29, 1.82) is 0 Å². The molecule has 0 heterocycles. The molecule has 0 aromatic heterocycles. The molecular weight excluding hydrogens is 182 g/mol. The molecule has 0 N–H and O–H groups in total. The van der Waals surface area contributed by atoms with Crippen molar-refractivity contribution >= 4 is 20.7 Å². The zero-order chi connectivity index (χ0) is 7.99. The van der Waals surface area contributed by atoms with E-state index in [4.69, 9.17) is 10.7 Å². The molecule has 5 heteroatoms. The Kier molecular flexibility index (Phi) is 1.80. The van der Waals surface area contributed by atoms with Crippen LogP contribution in [0.2, 0.25) is 0 Å². The van der Waals surface area contributed by atoms with Gasteiger partial charge in [-0.25, -0.2) is 13.0 Å². The molecule has 1 fully saturated rings. The number of alkyl halides is 2. The summed E-state index contributed by atoms with van der Waals surface area (Å²) in [5.74, 6) is -2.75. The van der Waals surface area contributed by atoms with Gasteiger partial charge in [0.2, 0.25) is 0 Å². The molecular formula is C5H7ClF2OS. The molecule has 2 unspecified atom stereocenters. The second kappa shape index (κ2) is 2.14. The summed E-state index contributed by atoms with van der Waals surface area (Å²) in [7, 11) is 3.44. The molecule has 0 spiro atoms. The summed E-state index contributed by atoms with van der Waals surface area (Å²) in [5, 5.41) is 0. The highest BCUT2D eigenvalue weighted by Crippen LogP contribution is 2.60. The molecule has 0 saturated heterocycles. The number of rotatable bonds is 2. The van der Waals surface area contributed by atoms with Gasteiger partial charge >= 0.3 is 0 Å². The zero-order valence-electron chi connectivity index (χ0n) is 5.36. The molecule has 60 valence electrons. The Bertz CT molecular complexity index is 184. The van der Waals surface area contributed by atoms with E-state index in [9.17, 15) is 13.0 Å². The lowest BCUT2D eigenvalue weighted by molar-refractivity contribution is 0.0774. The van der Waals surface area contributed by atoms with Crippen molar-refractivity contribution in [3.63, 3.8) is 0 Å². The predicted molar refractivity (Wildman–Crippen MR) is 36.5 cm³/mol. The van der Waals surface area contributed by atoms with Gasteiger partial charge in [0.25, 0.3) is 5.92 Å². The van der Waals surface area contributed by atoms with Crippen LogP contribution < -0.4 is 0 Å². The maximum atomic E-state index is 12.3. The maximum absolute atomic E-state index is 12.3. The van der Waals surface area contributed by atoms with Crippen molar-refractivity contribution in [3.8, 4) is 0 Å². The third-order valence-corrected chi connectivity index (χ3v) is 2.99. The first-order valence-corrected chi connectivity index (χ1v) is 4.94. The quantitative estimate of drug-likeness (QED) is 0.606. The van der Waals surface area contributed by atoms with Crippen molar-refractivity contribution in [2.24, 2.45) is 5.41 Å². The highest BCUT2D eigenvalue weighted by Gasteiger charge is 2.68. The van der Waals surface area contributed by atoms with Crippen molar-refractivity contribution in [2.75, 3.05) is 5.75 Å². The molecule has 2 atom stereocenters. The standard InChI is InChI=1S/C5H7ClF2OS/c1-4(3-10(6)9)2-5(4,7)8/h2-3H2,1H3. The van der Waals surface area contributed by atoms with Gasteiger partial charge in [-0.2, -0.15) is 0 Å². The molecule has 0 bridgehead atoms. The van der Waals surface area contributed by atoms with Crippen LogP contribution in [0.3, 0.4) is 0 Å². The van der Waals surface area contributed by atoms with Crippen LogP contribution in [0.25, 0.3) is 0 Å². The topological polar surface area (TPSA) is 17.1 Å². The van der Waals surface area contributed by atoms with Gasteiger partial charge in [0.1, 0.15) is 10.0 Å². The summed E-state index contributed by atoms with van der Waals surface area (Å²) in [5.41, 5.74) is -1.10. The third-order valence-electron chi connectivity index (χ3n) is 1.80. The molecule has 1 saturated carbocycles. The smallest absolute Gasteiger partial charge is 0.243 e. The largest absolute Gasteiger partial charge is 0.255 e. The van der Waals surface area contributed by atoms with E-state index in [1.165, 1.54) is 6.92 Å². The molecule has 1 aliphatic carbocycles. The van der Waals surface area contributed by atoms with Crippen LogP contribution in [-0.2, 0) is 10.0 Å². The van der Waals surface area contributed by atoms with Crippen LogP contribution in [0.15, 0.2) is 0 Å². The van der Waals surface area contributed by atoms with E-state index >= 15 is 0 Å². The first kappa shape index (κ1) is 8.40. The van der Waals surface area contributed by atoms with E-state index in [-0.39, 0.29) is 12.2 Å². The second-order valence-corrected chi connectivity index (χ2v) is 4.78. The Morgan fingerprint density at radius 3 is 2.20 bits per heavy atom. The molecule has 10 heavy (non-hydrogen) atoms. The van der Waals surface area contributed by atoms with Crippen LogP contribution in [0.5, 0.6) is 0 Å². The van der Waals surface area contributed by atoms with Crippen LogP contribution in [0.4, 0.5) is 8.78 Å². The highest BCUT2D eigenvalue weighted by molar-refractivity contribution is 8.08. The first-order valence-electron chi connectivity index (χ1n) is 2.80. The molecule has 0 radical (unpaired) electrons. The second-order valence-electron chi connectivity index (χ2n) is 2.88. The minimum atomic E-state index is -2.64. The average Bonchev–Trinajstić information content (AvgIpc) is 2.01. The lowest BCUT2D eigenvalue weighted by Gasteiger charge is -2.04. The molecule has 1 nitrogen and oxygen atoms in total. The Morgan fingerprint density at radius 1 is 1.70 bits per heavy atom. The molecule has 0 aliphatic heterocycles. The number of hydrogen-bond acceptors (Lipinski definition) is 1. The molecule has 1 aliphatic rings. The summed E-state index contributed by atoms with van der Waals surface area (Å²) in [6.07, 6.45) is -0.182. The van der Waals surface area contributed by atoms with Crippen molar-refractivity contribution in [2.45, 2.75) is 19.3 Å². The maximum Gasteiger partial charge on any atom is 0.255 e. The van der Waals surface area contributed by atoms with E-state index in [0.717, 1.165) is 0 Å². The number of hydrogen-bond donors (Lipinski definition) is 0. The normalized spacial score (nSPS) is 39.2. The molecule has 0 aromatic rings. The van der Waals surface area contributed by atoms with Gasteiger partial charge in [-0.1, -0.05) is 6.92 Å². The van der Waals surface area contributed by atoms with Gasteiger partial charge in [0.15, 0.2) is 0 Å². The van der Waals surface area contributed by atoms with Crippen LogP contribution >= 0.6 is 10.7 Å². The fourth-order valence-electron chi connectivity index (χ4n) is 0.853.